The van der Waals surface area contributed by atoms with E-state index in [0.717, 1.165) is 25.1 Å². The van der Waals surface area contributed by atoms with Gasteiger partial charge in [0.1, 0.15) is 0 Å². The molecule has 1 aliphatic rings. The number of hydrogen-bond acceptors (Lipinski definition) is 4. The molecule has 2 rings (SSSR count). The molecule has 5 nitrogen and oxygen atoms in total. The van der Waals surface area contributed by atoms with E-state index in [9.17, 15) is 4.79 Å². The Bertz CT molecular complexity index is 473. The molecule has 0 radical (unpaired) electrons. The molecule has 1 heterocycles. The van der Waals surface area contributed by atoms with Crippen molar-refractivity contribution in [1.82, 2.24) is 9.80 Å². The fourth-order valence-corrected chi connectivity index (χ4v) is 2.48. The van der Waals surface area contributed by atoms with Gasteiger partial charge < -0.3 is 15.2 Å². The second kappa shape index (κ2) is 5.59. The topological polar surface area (TPSA) is 61.6 Å². The summed E-state index contributed by atoms with van der Waals surface area (Å²) in [5, 5.41) is 0. The van der Waals surface area contributed by atoms with Gasteiger partial charge in [-0.1, -0.05) is 11.6 Å². The summed E-state index contributed by atoms with van der Waals surface area (Å²) >= 11 is 0. The van der Waals surface area contributed by atoms with Crippen molar-refractivity contribution in [1.29, 1.82) is 0 Å². The minimum Gasteiger partial charge on any atom is -0.337 e. The van der Waals surface area contributed by atoms with Crippen LogP contribution < -0.4 is 11.3 Å². The number of benzene rings is 1. The smallest absolute Gasteiger partial charge is 0.256 e. The van der Waals surface area contributed by atoms with Gasteiger partial charge in [-0.25, -0.2) is 0 Å². The molecule has 1 aliphatic heterocycles. The third-order valence-electron chi connectivity index (χ3n) is 3.74. The summed E-state index contributed by atoms with van der Waals surface area (Å²) in [4.78, 5) is 16.6. The molecule has 19 heavy (non-hydrogen) atoms. The fourth-order valence-electron chi connectivity index (χ4n) is 2.48. The number of aryl methyl sites for hydroxylation is 1. The number of rotatable bonds is 3. The molecular weight excluding hydrogens is 240 g/mol. The highest BCUT2D eigenvalue weighted by Crippen LogP contribution is 2.22. The zero-order valence-electron chi connectivity index (χ0n) is 11.8. The monoisotopic (exact) mass is 262 g/mol. The molecule has 1 atom stereocenters. The van der Waals surface area contributed by atoms with Gasteiger partial charge in [-0.05, 0) is 39.6 Å². The molecule has 1 saturated heterocycles. The average Bonchev–Trinajstić information content (AvgIpc) is 2.87. The molecule has 1 aromatic carbocycles. The number of amides is 1. The Morgan fingerprint density at radius 2 is 2.21 bits per heavy atom. The molecule has 104 valence electrons. The van der Waals surface area contributed by atoms with Crippen LogP contribution in [0.2, 0.25) is 0 Å². The normalized spacial score (nSPS) is 19.0. The Labute approximate surface area is 114 Å². The Balaban J connectivity index is 2.19. The first-order valence-electron chi connectivity index (χ1n) is 6.56. The molecule has 0 saturated carbocycles. The van der Waals surface area contributed by atoms with E-state index < -0.39 is 0 Å². The number of anilines is 1. The SMILES string of the molecule is Cc1ccc(NN)c(C(=O)N2CCC(N(C)C)C2)c1. The highest BCUT2D eigenvalue weighted by atomic mass is 16.2. The van der Waals surface area contributed by atoms with E-state index in [4.69, 9.17) is 5.84 Å². The van der Waals surface area contributed by atoms with E-state index in [1.54, 1.807) is 0 Å². The van der Waals surface area contributed by atoms with Crippen LogP contribution >= 0.6 is 0 Å². The van der Waals surface area contributed by atoms with Crippen molar-refractivity contribution >= 4 is 11.6 Å². The van der Waals surface area contributed by atoms with Crippen LogP contribution in [0.4, 0.5) is 5.69 Å². The van der Waals surface area contributed by atoms with Crippen molar-refractivity contribution in [2.45, 2.75) is 19.4 Å². The van der Waals surface area contributed by atoms with E-state index in [0.29, 0.717) is 17.3 Å². The van der Waals surface area contributed by atoms with E-state index in [1.165, 1.54) is 0 Å². The summed E-state index contributed by atoms with van der Waals surface area (Å²) in [7, 11) is 4.11. The van der Waals surface area contributed by atoms with Crippen molar-refractivity contribution in [2.24, 2.45) is 5.84 Å². The highest BCUT2D eigenvalue weighted by Gasteiger charge is 2.29. The lowest BCUT2D eigenvalue weighted by Gasteiger charge is -2.21. The van der Waals surface area contributed by atoms with Gasteiger partial charge in [-0.3, -0.25) is 10.6 Å². The van der Waals surface area contributed by atoms with E-state index in [2.05, 4.69) is 24.4 Å². The lowest BCUT2D eigenvalue weighted by atomic mass is 10.1. The second-order valence-electron chi connectivity index (χ2n) is 5.35. The van der Waals surface area contributed by atoms with Crippen molar-refractivity contribution in [3.05, 3.63) is 29.3 Å². The Morgan fingerprint density at radius 3 is 2.79 bits per heavy atom. The summed E-state index contributed by atoms with van der Waals surface area (Å²) < 4.78 is 0. The van der Waals surface area contributed by atoms with Crippen LogP contribution in [-0.2, 0) is 0 Å². The van der Waals surface area contributed by atoms with Crippen LogP contribution in [0.5, 0.6) is 0 Å². The molecule has 0 spiro atoms. The van der Waals surface area contributed by atoms with E-state index in [-0.39, 0.29) is 5.91 Å². The van der Waals surface area contributed by atoms with Gasteiger partial charge in [-0.15, -0.1) is 0 Å². The summed E-state index contributed by atoms with van der Waals surface area (Å²) in [6.07, 6.45) is 1.02. The van der Waals surface area contributed by atoms with Gasteiger partial charge in [0.25, 0.3) is 5.91 Å². The number of hydrogen-bond donors (Lipinski definition) is 2. The Morgan fingerprint density at radius 1 is 1.47 bits per heavy atom. The largest absolute Gasteiger partial charge is 0.337 e. The van der Waals surface area contributed by atoms with Gasteiger partial charge >= 0.3 is 0 Å². The van der Waals surface area contributed by atoms with Gasteiger partial charge in [-0.2, -0.15) is 0 Å². The number of nitrogens with one attached hydrogen (secondary N) is 1. The number of carbonyl (C=O) groups excluding carboxylic acids is 1. The minimum atomic E-state index is 0.0565. The maximum Gasteiger partial charge on any atom is 0.256 e. The number of nitrogens with two attached hydrogens (primary N) is 1. The second-order valence-corrected chi connectivity index (χ2v) is 5.35. The van der Waals surface area contributed by atoms with Crippen LogP contribution in [0.25, 0.3) is 0 Å². The Kier molecular flexibility index (Phi) is 4.07. The first-order chi connectivity index (χ1) is 9.02. The van der Waals surface area contributed by atoms with Gasteiger partial charge in [0.15, 0.2) is 0 Å². The molecular formula is C14H22N4O. The quantitative estimate of drug-likeness (QED) is 0.631. The highest BCUT2D eigenvalue weighted by molar-refractivity contribution is 5.99. The zero-order chi connectivity index (χ0) is 14.0. The van der Waals surface area contributed by atoms with Crippen molar-refractivity contribution < 1.29 is 4.79 Å². The van der Waals surface area contributed by atoms with Crippen LogP contribution in [0, 0.1) is 6.92 Å². The van der Waals surface area contributed by atoms with Crippen molar-refractivity contribution in [2.75, 3.05) is 32.6 Å². The molecule has 0 aliphatic carbocycles. The van der Waals surface area contributed by atoms with Crippen LogP contribution in [0.1, 0.15) is 22.3 Å². The molecule has 1 fully saturated rings. The number of nitrogens with zero attached hydrogens (tertiary/aromatic N) is 2. The predicted octanol–water partition coefficient (Wildman–Crippen LogP) is 1.06. The van der Waals surface area contributed by atoms with Gasteiger partial charge in [0.05, 0.1) is 11.3 Å². The molecule has 5 heteroatoms. The van der Waals surface area contributed by atoms with Gasteiger partial charge in [0.2, 0.25) is 0 Å². The van der Waals surface area contributed by atoms with Crippen LogP contribution in [-0.4, -0.2) is 48.9 Å². The molecule has 0 bridgehead atoms. The maximum absolute atomic E-state index is 12.6. The average molecular weight is 262 g/mol. The predicted molar refractivity (Wildman–Crippen MR) is 77.0 cm³/mol. The Hall–Kier alpha value is -1.59. The minimum absolute atomic E-state index is 0.0565. The van der Waals surface area contributed by atoms with Gasteiger partial charge in [0, 0.05) is 19.1 Å². The number of hydrazine groups is 1. The number of carbonyl (C=O) groups is 1. The first kappa shape index (κ1) is 13.8. The standard InChI is InChI=1S/C14H22N4O/c1-10-4-5-13(16-15)12(8-10)14(19)18-7-6-11(9-18)17(2)3/h4-5,8,11,16H,6-7,9,15H2,1-3H3. The summed E-state index contributed by atoms with van der Waals surface area (Å²) in [5.41, 5.74) is 5.00. The molecule has 1 unspecified atom stereocenters. The zero-order valence-corrected chi connectivity index (χ0v) is 11.8. The first-order valence-corrected chi connectivity index (χ1v) is 6.56. The van der Waals surface area contributed by atoms with Crippen molar-refractivity contribution in [3.8, 4) is 0 Å². The van der Waals surface area contributed by atoms with Crippen molar-refractivity contribution in [3.63, 3.8) is 0 Å². The fraction of sp³-hybridized carbons (Fsp3) is 0.500. The van der Waals surface area contributed by atoms with E-state index >= 15 is 0 Å². The molecule has 3 N–H and O–H groups in total. The molecule has 0 aromatic heterocycles. The third kappa shape index (κ3) is 2.88. The lowest BCUT2D eigenvalue weighted by Crippen LogP contribution is -2.35. The number of likely N-dealkylation sites (tertiary alicyclic amines) is 1. The van der Waals surface area contributed by atoms with Crippen LogP contribution in [0.3, 0.4) is 0 Å². The lowest BCUT2D eigenvalue weighted by molar-refractivity contribution is 0.0784. The number of nitrogen functional groups attached to an aromatic ring is 1. The third-order valence-corrected chi connectivity index (χ3v) is 3.74. The summed E-state index contributed by atoms with van der Waals surface area (Å²) in [6.45, 7) is 3.56. The summed E-state index contributed by atoms with van der Waals surface area (Å²) in [6, 6.07) is 6.13. The number of likely N-dealkylation sites (N-methyl/N-ethyl adjacent to an activating group) is 1. The van der Waals surface area contributed by atoms with E-state index in [1.807, 2.05) is 30.0 Å². The summed E-state index contributed by atoms with van der Waals surface area (Å²) in [5.74, 6) is 5.54. The maximum atomic E-state index is 12.6. The molecule has 1 amide bonds. The molecule has 1 aromatic rings. The van der Waals surface area contributed by atoms with Crippen LogP contribution in [0.15, 0.2) is 18.2 Å².